The van der Waals surface area contributed by atoms with Crippen LogP contribution in [0.2, 0.25) is 0 Å². The number of hydrogen-bond acceptors (Lipinski definition) is 5. The number of aromatic nitrogens is 3. The molecule has 3 heterocycles. The van der Waals surface area contributed by atoms with Crippen LogP contribution >= 0.6 is 27.3 Å². The van der Waals surface area contributed by atoms with Gasteiger partial charge in [-0.3, -0.25) is 4.98 Å². The van der Waals surface area contributed by atoms with Crippen molar-refractivity contribution >= 4 is 43.3 Å². The lowest BCUT2D eigenvalue weighted by atomic mass is 10.2. The predicted molar refractivity (Wildman–Crippen MR) is 87.1 cm³/mol. The average Bonchev–Trinajstić information content (AvgIpc) is 2.94. The van der Waals surface area contributed by atoms with Crippen LogP contribution in [0.5, 0.6) is 0 Å². The quantitative estimate of drug-likeness (QED) is 0.761. The molecule has 4 nitrogen and oxygen atoms in total. The standard InChI is InChI=1S/C14H13BrN4S/c1-2-4-16-14-10(15)8-18-13(19-14)9-6-12-11(17-7-9)3-5-20-12/h3,5-8H,2,4H2,1H3,(H,16,18,19). The zero-order valence-electron chi connectivity index (χ0n) is 10.9. The highest BCUT2D eigenvalue weighted by atomic mass is 79.9. The van der Waals surface area contributed by atoms with Gasteiger partial charge < -0.3 is 5.32 Å². The van der Waals surface area contributed by atoms with E-state index in [9.17, 15) is 0 Å². The second-order valence-electron chi connectivity index (χ2n) is 4.34. The Labute approximate surface area is 129 Å². The molecular weight excluding hydrogens is 336 g/mol. The summed E-state index contributed by atoms with van der Waals surface area (Å²) >= 11 is 5.14. The molecular formula is C14H13BrN4S. The summed E-state index contributed by atoms with van der Waals surface area (Å²) < 4.78 is 2.02. The van der Waals surface area contributed by atoms with Crippen molar-refractivity contribution in [2.75, 3.05) is 11.9 Å². The van der Waals surface area contributed by atoms with Crippen LogP contribution in [-0.2, 0) is 0 Å². The van der Waals surface area contributed by atoms with Crippen molar-refractivity contribution < 1.29 is 0 Å². The SMILES string of the molecule is CCCNc1nc(-c2cnc3ccsc3c2)ncc1Br. The molecule has 0 amide bonds. The van der Waals surface area contributed by atoms with Gasteiger partial charge in [0.2, 0.25) is 0 Å². The topological polar surface area (TPSA) is 50.7 Å². The monoisotopic (exact) mass is 348 g/mol. The smallest absolute Gasteiger partial charge is 0.163 e. The molecule has 0 unspecified atom stereocenters. The van der Waals surface area contributed by atoms with Gasteiger partial charge in [-0.05, 0) is 39.9 Å². The molecule has 3 aromatic heterocycles. The summed E-state index contributed by atoms with van der Waals surface area (Å²) in [5.41, 5.74) is 1.95. The van der Waals surface area contributed by atoms with Crippen molar-refractivity contribution in [3.63, 3.8) is 0 Å². The molecule has 0 spiro atoms. The molecule has 0 saturated heterocycles. The zero-order chi connectivity index (χ0) is 13.9. The molecule has 0 atom stereocenters. The van der Waals surface area contributed by atoms with Crippen LogP contribution < -0.4 is 5.32 Å². The number of rotatable bonds is 4. The largest absolute Gasteiger partial charge is 0.369 e. The molecule has 102 valence electrons. The Kier molecular flexibility index (Phi) is 3.93. The van der Waals surface area contributed by atoms with E-state index < -0.39 is 0 Å². The van der Waals surface area contributed by atoms with Crippen LogP contribution in [0.15, 0.2) is 34.4 Å². The number of halogens is 1. The van der Waals surface area contributed by atoms with Crippen molar-refractivity contribution in [3.8, 4) is 11.4 Å². The van der Waals surface area contributed by atoms with Gasteiger partial charge >= 0.3 is 0 Å². The predicted octanol–water partition coefficient (Wildman–Crippen LogP) is 4.34. The van der Waals surface area contributed by atoms with E-state index in [4.69, 9.17) is 0 Å². The fraction of sp³-hybridized carbons (Fsp3) is 0.214. The molecule has 3 aromatic rings. The summed E-state index contributed by atoms with van der Waals surface area (Å²) in [5.74, 6) is 1.51. The highest BCUT2D eigenvalue weighted by molar-refractivity contribution is 9.10. The van der Waals surface area contributed by atoms with E-state index in [2.05, 4.69) is 49.2 Å². The normalized spacial score (nSPS) is 10.9. The van der Waals surface area contributed by atoms with Gasteiger partial charge in [0.25, 0.3) is 0 Å². The Morgan fingerprint density at radius 3 is 3.05 bits per heavy atom. The lowest BCUT2D eigenvalue weighted by molar-refractivity contribution is 0.963. The van der Waals surface area contributed by atoms with E-state index in [0.717, 1.165) is 39.0 Å². The summed E-state index contributed by atoms with van der Waals surface area (Å²) in [4.78, 5) is 13.4. The first-order valence-electron chi connectivity index (χ1n) is 6.38. The number of nitrogens with one attached hydrogen (secondary N) is 1. The highest BCUT2D eigenvalue weighted by Gasteiger charge is 2.08. The molecule has 3 rings (SSSR count). The Bertz CT molecular complexity index is 741. The van der Waals surface area contributed by atoms with Crippen LogP contribution in [0.3, 0.4) is 0 Å². The van der Waals surface area contributed by atoms with Crippen LogP contribution in [0, 0.1) is 0 Å². The Balaban J connectivity index is 2.00. The minimum atomic E-state index is 0.689. The number of fused-ring (bicyclic) bond motifs is 1. The summed E-state index contributed by atoms with van der Waals surface area (Å²) in [5, 5.41) is 5.33. The lowest BCUT2D eigenvalue weighted by Crippen LogP contribution is -2.04. The molecule has 1 N–H and O–H groups in total. The van der Waals surface area contributed by atoms with Gasteiger partial charge in [-0.2, -0.15) is 0 Å². The molecule has 20 heavy (non-hydrogen) atoms. The van der Waals surface area contributed by atoms with Gasteiger partial charge in [-0.15, -0.1) is 11.3 Å². The van der Waals surface area contributed by atoms with Crippen molar-refractivity contribution in [1.29, 1.82) is 0 Å². The van der Waals surface area contributed by atoms with E-state index in [-0.39, 0.29) is 0 Å². The third kappa shape index (κ3) is 2.66. The van der Waals surface area contributed by atoms with Gasteiger partial charge in [0, 0.05) is 24.5 Å². The van der Waals surface area contributed by atoms with Crippen molar-refractivity contribution in [3.05, 3.63) is 34.4 Å². The lowest BCUT2D eigenvalue weighted by Gasteiger charge is -2.08. The van der Waals surface area contributed by atoms with Crippen molar-refractivity contribution in [2.45, 2.75) is 13.3 Å². The first-order valence-corrected chi connectivity index (χ1v) is 8.05. The second-order valence-corrected chi connectivity index (χ2v) is 6.15. The molecule has 0 fully saturated rings. The molecule has 0 aliphatic carbocycles. The van der Waals surface area contributed by atoms with Crippen molar-refractivity contribution in [1.82, 2.24) is 15.0 Å². The minimum Gasteiger partial charge on any atom is -0.369 e. The van der Waals surface area contributed by atoms with Gasteiger partial charge in [0.05, 0.1) is 14.7 Å². The summed E-state index contributed by atoms with van der Waals surface area (Å²) in [6.07, 6.45) is 4.65. The molecule has 0 bridgehead atoms. The van der Waals surface area contributed by atoms with Crippen LogP contribution in [0.25, 0.3) is 21.6 Å². The molecule has 0 aliphatic rings. The Morgan fingerprint density at radius 1 is 1.30 bits per heavy atom. The number of thiophene rings is 1. The highest BCUT2D eigenvalue weighted by Crippen LogP contribution is 2.26. The molecule has 0 aliphatic heterocycles. The molecule has 0 aromatic carbocycles. The summed E-state index contributed by atoms with van der Waals surface area (Å²) in [7, 11) is 0. The Hall–Kier alpha value is -1.53. The van der Waals surface area contributed by atoms with Gasteiger partial charge in [0.1, 0.15) is 5.82 Å². The fourth-order valence-corrected chi connectivity index (χ4v) is 2.95. The first kappa shape index (κ1) is 13.5. The second kappa shape index (κ2) is 5.85. The van der Waals surface area contributed by atoms with Gasteiger partial charge in [0.15, 0.2) is 5.82 Å². The molecule has 0 radical (unpaired) electrons. The molecule has 0 saturated carbocycles. The Morgan fingerprint density at radius 2 is 2.20 bits per heavy atom. The fourth-order valence-electron chi connectivity index (χ4n) is 1.84. The summed E-state index contributed by atoms with van der Waals surface area (Å²) in [6, 6.07) is 4.10. The average molecular weight is 349 g/mol. The van der Waals surface area contributed by atoms with Crippen molar-refractivity contribution in [2.24, 2.45) is 0 Å². The van der Waals surface area contributed by atoms with E-state index >= 15 is 0 Å². The summed E-state index contributed by atoms with van der Waals surface area (Å²) in [6.45, 7) is 3.01. The number of pyridine rings is 1. The van der Waals surface area contributed by atoms with Gasteiger partial charge in [-0.25, -0.2) is 9.97 Å². The minimum absolute atomic E-state index is 0.689. The van der Waals surface area contributed by atoms with E-state index in [1.54, 1.807) is 17.5 Å². The van der Waals surface area contributed by atoms with Crippen LogP contribution in [-0.4, -0.2) is 21.5 Å². The third-order valence-electron chi connectivity index (χ3n) is 2.85. The number of anilines is 1. The zero-order valence-corrected chi connectivity index (χ0v) is 13.3. The number of hydrogen-bond donors (Lipinski definition) is 1. The molecule has 6 heteroatoms. The maximum absolute atomic E-state index is 4.57. The van der Waals surface area contributed by atoms with Crippen LogP contribution in [0.4, 0.5) is 5.82 Å². The first-order chi connectivity index (χ1) is 9.78. The van der Waals surface area contributed by atoms with Crippen LogP contribution in [0.1, 0.15) is 13.3 Å². The number of nitrogens with zero attached hydrogens (tertiary/aromatic N) is 3. The maximum Gasteiger partial charge on any atom is 0.163 e. The van der Waals surface area contributed by atoms with Gasteiger partial charge in [-0.1, -0.05) is 6.92 Å². The van der Waals surface area contributed by atoms with E-state index in [1.165, 1.54) is 0 Å². The van der Waals surface area contributed by atoms with E-state index in [0.29, 0.717) is 5.82 Å². The maximum atomic E-state index is 4.57. The van der Waals surface area contributed by atoms with E-state index in [1.807, 2.05) is 17.6 Å². The third-order valence-corrected chi connectivity index (χ3v) is 4.28.